The number of hydrogen-bond donors (Lipinski definition) is 1. The topological polar surface area (TPSA) is 38.3 Å². The standard InChI is InChI=1S/C11H13Br2NO2/c1-11(2,3)16-10(15)14-9-7(12)5-4-6-8(9)13/h4-6H,1-3H3,(H,14,15). The van der Waals surface area contributed by atoms with Crippen LogP contribution in [0.3, 0.4) is 0 Å². The molecule has 88 valence electrons. The summed E-state index contributed by atoms with van der Waals surface area (Å²) in [6.45, 7) is 5.46. The first kappa shape index (κ1) is 13.5. The molecule has 1 N–H and O–H groups in total. The first-order chi connectivity index (χ1) is 7.29. The number of hydrogen-bond acceptors (Lipinski definition) is 2. The smallest absolute Gasteiger partial charge is 0.412 e. The van der Waals surface area contributed by atoms with Crippen LogP contribution in [0.1, 0.15) is 20.8 Å². The molecule has 16 heavy (non-hydrogen) atoms. The van der Waals surface area contributed by atoms with E-state index in [4.69, 9.17) is 4.74 Å². The van der Waals surface area contributed by atoms with Crippen LogP contribution in [0.4, 0.5) is 10.5 Å². The SMILES string of the molecule is CC(C)(C)OC(=O)Nc1c(Br)cccc1Br. The van der Waals surface area contributed by atoms with Gasteiger partial charge in [-0.05, 0) is 64.8 Å². The summed E-state index contributed by atoms with van der Waals surface area (Å²) in [6.07, 6.45) is -0.472. The van der Waals surface area contributed by atoms with E-state index in [2.05, 4.69) is 37.2 Å². The molecule has 0 aromatic heterocycles. The highest BCUT2D eigenvalue weighted by Crippen LogP contribution is 2.30. The van der Waals surface area contributed by atoms with Gasteiger partial charge in [-0.25, -0.2) is 4.79 Å². The van der Waals surface area contributed by atoms with Crippen molar-refractivity contribution in [2.45, 2.75) is 26.4 Å². The van der Waals surface area contributed by atoms with E-state index in [9.17, 15) is 4.79 Å². The van der Waals surface area contributed by atoms with E-state index in [-0.39, 0.29) is 0 Å². The molecule has 3 nitrogen and oxygen atoms in total. The number of rotatable bonds is 1. The molecule has 0 aliphatic carbocycles. The molecule has 1 amide bonds. The zero-order valence-electron chi connectivity index (χ0n) is 9.30. The molecule has 0 bridgehead atoms. The number of para-hydroxylation sites is 1. The first-order valence-corrected chi connectivity index (χ1v) is 6.32. The average molecular weight is 351 g/mol. The van der Waals surface area contributed by atoms with Crippen molar-refractivity contribution in [3.63, 3.8) is 0 Å². The molecule has 0 unspecified atom stereocenters. The molecule has 0 aliphatic rings. The quantitative estimate of drug-likeness (QED) is 0.806. The van der Waals surface area contributed by atoms with Gasteiger partial charge in [0, 0.05) is 8.95 Å². The Kier molecular flexibility index (Phi) is 4.38. The van der Waals surface area contributed by atoms with E-state index in [1.165, 1.54) is 0 Å². The number of carbonyl (C=O) groups is 1. The lowest BCUT2D eigenvalue weighted by molar-refractivity contribution is 0.0635. The second-order valence-corrected chi connectivity index (χ2v) is 5.93. The molecule has 1 aromatic carbocycles. The molecule has 0 saturated carbocycles. The van der Waals surface area contributed by atoms with Crippen molar-refractivity contribution in [2.75, 3.05) is 5.32 Å². The number of ether oxygens (including phenoxy) is 1. The van der Waals surface area contributed by atoms with Crippen LogP contribution in [0.5, 0.6) is 0 Å². The number of nitrogens with one attached hydrogen (secondary N) is 1. The molecule has 0 fully saturated rings. The van der Waals surface area contributed by atoms with Gasteiger partial charge in [-0.15, -0.1) is 0 Å². The molecule has 0 saturated heterocycles. The van der Waals surface area contributed by atoms with Crippen molar-refractivity contribution in [1.29, 1.82) is 0 Å². The van der Waals surface area contributed by atoms with Crippen molar-refractivity contribution >= 4 is 43.6 Å². The molecule has 0 radical (unpaired) electrons. The number of anilines is 1. The van der Waals surface area contributed by atoms with Gasteiger partial charge in [-0.3, -0.25) is 5.32 Å². The molecule has 1 aromatic rings. The maximum Gasteiger partial charge on any atom is 0.412 e. The van der Waals surface area contributed by atoms with E-state index in [0.717, 1.165) is 8.95 Å². The molecular formula is C11H13Br2NO2. The predicted octanol–water partition coefficient (Wildman–Crippen LogP) is 4.56. The van der Waals surface area contributed by atoms with E-state index in [1.54, 1.807) is 0 Å². The van der Waals surface area contributed by atoms with Crippen LogP contribution in [-0.4, -0.2) is 11.7 Å². The largest absolute Gasteiger partial charge is 0.444 e. The maximum atomic E-state index is 11.6. The third-order valence-corrected chi connectivity index (χ3v) is 2.91. The molecule has 1 rings (SSSR count). The van der Waals surface area contributed by atoms with Gasteiger partial charge in [0.1, 0.15) is 5.60 Å². The third-order valence-electron chi connectivity index (χ3n) is 1.59. The minimum atomic E-state index is -0.502. The average Bonchev–Trinajstić information content (AvgIpc) is 2.08. The Labute approximate surface area is 112 Å². The van der Waals surface area contributed by atoms with Crippen molar-refractivity contribution in [3.8, 4) is 0 Å². The summed E-state index contributed by atoms with van der Waals surface area (Å²) in [4.78, 5) is 11.6. The highest BCUT2D eigenvalue weighted by molar-refractivity contribution is 9.11. The Hall–Kier alpha value is -0.550. The highest BCUT2D eigenvalue weighted by Gasteiger charge is 2.17. The van der Waals surface area contributed by atoms with Crippen LogP contribution in [-0.2, 0) is 4.74 Å². The lowest BCUT2D eigenvalue weighted by Crippen LogP contribution is -2.27. The third kappa shape index (κ3) is 4.14. The molecule has 0 spiro atoms. The van der Waals surface area contributed by atoms with Gasteiger partial charge >= 0.3 is 6.09 Å². The summed E-state index contributed by atoms with van der Waals surface area (Å²) in [5, 5.41) is 2.68. The van der Waals surface area contributed by atoms with Crippen molar-refractivity contribution in [2.24, 2.45) is 0 Å². The maximum absolute atomic E-state index is 11.6. The Morgan fingerprint density at radius 3 is 2.19 bits per heavy atom. The molecule has 0 heterocycles. The van der Waals surface area contributed by atoms with Crippen molar-refractivity contribution in [3.05, 3.63) is 27.1 Å². The van der Waals surface area contributed by atoms with Gasteiger partial charge in [0.15, 0.2) is 0 Å². The Morgan fingerprint density at radius 1 is 1.25 bits per heavy atom. The van der Waals surface area contributed by atoms with Gasteiger partial charge in [-0.2, -0.15) is 0 Å². The van der Waals surface area contributed by atoms with Gasteiger partial charge in [0.2, 0.25) is 0 Å². The van der Waals surface area contributed by atoms with Crippen LogP contribution >= 0.6 is 31.9 Å². The van der Waals surface area contributed by atoms with E-state index in [1.807, 2.05) is 39.0 Å². The summed E-state index contributed by atoms with van der Waals surface area (Å²) >= 11 is 6.71. The summed E-state index contributed by atoms with van der Waals surface area (Å²) in [7, 11) is 0. The second kappa shape index (κ2) is 5.19. The van der Waals surface area contributed by atoms with Gasteiger partial charge < -0.3 is 4.74 Å². The van der Waals surface area contributed by atoms with E-state index in [0.29, 0.717) is 5.69 Å². The summed E-state index contributed by atoms with van der Waals surface area (Å²) in [5.41, 5.74) is 0.161. The molecule has 0 atom stereocenters. The predicted molar refractivity (Wildman–Crippen MR) is 71.7 cm³/mol. The highest BCUT2D eigenvalue weighted by atomic mass is 79.9. The van der Waals surface area contributed by atoms with Crippen molar-refractivity contribution in [1.82, 2.24) is 0 Å². The summed E-state index contributed by atoms with van der Waals surface area (Å²) < 4.78 is 6.76. The van der Waals surface area contributed by atoms with Crippen LogP contribution in [0.25, 0.3) is 0 Å². The number of amides is 1. The fourth-order valence-electron chi connectivity index (χ4n) is 1.02. The van der Waals surface area contributed by atoms with Crippen molar-refractivity contribution < 1.29 is 9.53 Å². The van der Waals surface area contributed by atoms with Gasteiger partial charge in [-0.1, -0.05) is 6.07 Å². The lowest BCUT2D eigenvalue weighted by Gasteiger charge is -2.20. The molecule has 0 aliphatic heterocycles. The van der Waals surface area contributed by atoms with Crippen LogP contribution < -0.4 is 5.32 Å². The fraction of sp³-hybridized carbons (Fsp3) is 0.364. The minimum absolute atomic E-state index is 0.472. The van der Waals surface area contributed by atoms with E-state index < -0.39 is 11.7 Å². The Balaban J connectivity index is 2.78. The minimum Gasteiger partial charge on any atom is -0.444 e. The number of halogens is 2. The van der Waals surface area contributed by atoms with Crippen LogP contribution in [0.2, 0.25) is 0 Å². The number of benzene rings is 1. The summed E-state index contributed by atoms with van der Waals surface area (Å²) in [5.74, 6) is 0. The second-order valence-electron chi connectivity index (χ2n) is 4.22. The molecule has 5 heteroatoms. The zero-order chi connectivity index (χ0) is 12.3. The number of carbonyl (C=O) groups excluding carboxylic acids is 1. The van der Waals surface area contributed by atoms with Gasteiger partial charge in [0.25, 0.3) is 0 Å². The summed E-state index contributed by atoms with van der Waals surface area (Å²) in [6, 6.07) is 5.56. The fourth-order valence-corrected chi connectivity index (χ4v) is 2.22. The van der Waals surface area contributed by atoms with Crippen LogP contribution in [0.15, 0.2) is 27.1 Å². The van der Waals surface area contributed by atoms with E-state index >= 15 is 0 Å². The van der Waals surface area contributed by atoms with Gasteiger partial charge in [0.05, 0.1) is 5.69 Å². The normalized spacial score (nSPS) is 11.1. The molecular weight excluding hydrogens is 338 g/mol. The lowest BCUT2D eigenvalue weighted by atomic mass is 10.2. The zero-order valence-corrected chi connectivity index (χ0v) is 12.5. The monoisotopic (exact) mass is 349 g/mol. The Bertz CT molecular complexity index is 379. The van der Waals surface area contributed by atoms with Crippen LogP contribution in [0, 0.1) is 0 Å². The Morgan fingerprint density at radius 2 is 1.75 bits per heavy atom. The first-order valence-electron chi connectivity index (χ1n) is 4.73.